The molecule has 0 aromatic heterocycles. The molecule has 15 heavy (non-hydrogen) atoms. The van der Waals surface area contributed by atoms with Crippen molar-refractivity contribution in [3.63, 3.8) is 0 Å². The van der Waals surface area contributed by atoms with Gasteiger partial charge >= 0.3 is 0 Å². The van der Waals surface area contributed by atoms with Crippen LogP contribution in [0.2, 0.25) is 0 Å². The zero-order valence-electron chi connectivity index (χ0n) is 9.75. The minimum atomic E-state index is -0.450. The van der Waals surface area contributed by atoms with Gasteiger partial charge in [-0.25, -0.2) is 0 Å². The number of nitrogens with one attached hydrogen (secondary N) is 1. The third-order valence-electron chi connectivity index (χ3n) is 2.09. The summed E-state index contributed by atoms with van der Waals surface area (Å²) < 4.78 is 5.29. The summed E-state index contributed by atoms with van der Waals surface area (Å²) in [5, 5.41) is 21.2. The Labute approximate surface area is 92.0 Å². The lowest BCUT2D eigenvalue weighted by molar-refractivity contribution is 0.0670. The number of hydrogen-bond donors (Lipinski definition) is 3. The van der Waals surface area contributed by atoms with Crippen LogP contribution in [-0.2, 0) is 4.74 Å². The molecular weight excluding hydrogens is 194 g/mol. The molecule has 0 heterocycles. The lowest BCUT2D eigenvalue weighted by Crippen LogP contribution is -2.39. The van der Waals surface area contributed by atoms with Crippen LogP contribution in [0.15, 0.2) is 12.2 Å². The van der Waals surface area contributed by atoms with Crippen LogP contribution in [0, 0.1) is 5.41 Å². The Hall–Kier alpha value is -0.420. The van der Waals surface area contributed by atoms with Gasteiger partial charge in [-0.1, -0.05) is 19.1 Å². The topological polar surface area (TPSA) is 61.7 Å². The van der Waals surface area contributed by atoms with Crippen LogP contribution >= 0.6 is 0 Å². The molecule has 0 bridgehead atoms. The fourth-order valence-electron chi connectivity index (χ4n) is 0.943. The van der Waals surface area contributed by atoms with Gasteiger partial charge in [0.15, 0.2) is 0 Å². The zero-order chi connectivity index (χ0) is 11.7. The first-order valence-electron chi connectivity index (χ1n) is 5.18. The number of aliphatic hydroxyl groups excluding tert-OH is 2. The Morgan fingerprint density at radius 2 is 2.00 bits per heavy atom. The van der Waals surface area contributed by atoms with Crippen molar-refractivity contribution in [2.24, 2.45) is 5.41 Å². The smallest absolute Gasteiger partial charge is 0.0672 e. The molecule has 0 saturated carbocycles. The zero-order valence-corrected chi connectivity index (χ0v) is 9.75. The summed E-state index contributed by atoms with van der Waals surface area (Å²) in [5.74, 6) is 0. The van der Waals surface area contributed by atoms with Crippen molar-refractivity contribution in [3.8, 4) is 0 Å². The Kier molecular flexibility index (Phi) is 7.60. The molecule has 0 aromatic rings. The van der Waals surface area contributed by atoms with Gasteiger partial charge in [-0.3, -0.25) is 0 Å². The molecule has 0 fully saturated rings. The van der Waals surface area contributed by atoms with Gasteiger partial charge in [-0.05, 0) is 6.92 Å². The maximum Gasteiger partial charge on any atom is 0.0672 e. The molecule has 0 aliphatic heterocycles. The molecule has 0 aromatic carbocycles. The standard InChI is InChI=1S/C11H23NO3/c1-10(2)6-15-5-4-12-7-11(3,8-13)9-14/h12-14H,1,4-9H2,2-3H3. The van der Waals surface area contributed by atoms with E-state index >= 15 is 0 Å². The average molecular weight is 217 g/mol. The predicted octanol–water partition coefficient (Wildman–Crippen LogP) is 0.160. The summed E-state index contributed by atoms with van der Waals surface area (Å²) in [6.07, 6.45) is 0. The summed E-state index contributed by atoms with van der Waals surface area (Å²) in [6, 6.07) is 0. The molecule has 0 unspecified atom stereocenters. The third kappa shape index (κ3) is 7.50. The summed E-state index contributed by atoms with van der Waals surface area (Å²) >= 11 is 0. The van der Waals surface area contributed by atoms with Crippen LogP contribution in [0.5, 0.6) is 0 Å². The van der Waals surface area contributed by atoms with Crippen molar-refractivity contribution < 1.29 is 14.9 Å². The van der Waals surface area contributed by atoms with Gasteiger partial charge < -0.3 is 20.3 Å². The summed E-state index contributed by atoms with van der Waals surface area (Å²) in [6.45, 7) is 9.91. The number of rotatable bonds is 9. The van der Waals surface area contributed by atoms with E-state index in [0.29, 0.717) is 26.3 Å². The van der Waals surface area contributed by atoms with Gasteiger partial charge in [-0.15, -0.1) is 0 Å². The molecule has 0 rings (SSSR count). The molecular formula is C11H23NO3. The maximum atomic E-state index is 9.02. The normalized spacial score (nSPS) is 11.7. The second-order valence-electron chi connectivity index (χ2n) is 4.31. The minimum absolute atomic E-state index is 0.0247. The third-order valence-corrected chi connectivity index (χ3v) is 2.09. The van der Waals surface area contributed by atoms with Crippen molar-refractivity contribution in [3.05, 3.63) is 12.2 Å². The molecule has 90 valence electrons. The quantitative estimate of drug-likeness (QED) is 0.380. The summed E-state index contributed by atoms with van der Waals surface area (Å²) in [7, 11) is 0. The van der Waals surface area contributed by atoms with Crippen LogP contribution in [-0.4, -0.2) is 49.7 Å². The van der Waals surface area contributed by atoms with E-state index in [4.69, 9.17) is 14.9 Å². The molecule has 4 nitrogen and oxygen atoms in total. The van der Waals surface area contributed by atoms with Crippen molar-refractivity contribution >= 4 is 0 Å². The molecule has 0 radical (unpaired) electrons. The second-order valence-corrected chi connectivity index (χ2v) is 4.31. The highest BCUT2D eigenvalue weighted by Gasteiger charge is 2.21. The number of hydrogen-bond acceptors (Lipinski definition) is 4. The maximum absolute atomic E-state index is 9.02. The van der Waals surface area contributed by atoms with E-state index < -0.39 is 5.41 Å². The van der Waals surface area contributed by atoms with Gasteiger partial charge in [0.05, 0.1) is 26.4 Å². The Balaban J connectivity index is 3.41. The van der Waals surface area contributed by atoms with E-state index in [1.54, 1.807) is 0 Å². The predicted molar refractivity (Wildman–Crippen MR) is 60.8 cm³/mol. The highest BCUT2D eigenvalue weighted by molar-refractivity contribution is 4.87. The first-order valence-corrected chi connectivity index (χ1v) is 5.18. The van der Waals surface area contributed by atoms with Crippen molar-refractivity contribution in [1.82, 2.24) is 5.32 Å². The van der Waals surface area contributed by atoms with E-state index in [0.717, 1.165) is 5.57 Å². The van der Waals surface area contributed by atoms with Crippen LogP contribution in [0.25, 0.3) is 0 Å². The monoisotopic (exact) mass is 217 g/mol. The largest absolute Gasteiger partial charge is 0.396 e. The molecule has 0 aliphatic carbocycles. The second kappa shape index (κ2) is 7.82. The highest BCUT2D eigenvalue weighted by Crippen LogP contribution is 2.11. The van der Waals surface area contributed by atoms with Crippen LogP contribution in [0.3, 0.4) is 0 Å². The van der Waals surface area contributed by atoms with Gasteiger partial charge in [0.1, 0.15) is 0 Å². The molecule has 4 heteroatoms. The van der Waals surface area contributed by atoms with Crippen LogP contribution < -0.4 is 5.32 Å². The minimum Gasteiger partial charge on any atom is -0.396 e. The van der Waals surface area contributed by atoms with E-state index in [1.807, 2.05) is 13.8 Å². The Bertz CT molecular complexity index is 179. The first kappa shape index (κ1) is 14.6. The van der Waals surface area contributed by atoms with E-state index in [-0.39, 0.29) is 13.2 Å². The molecule has 0 spiro atoms. The fraction of sp³-hybridized carbons (Fsp3) is 0.818. The van der Waals surface area contributed by atoms with Crippen molar-refractivity contribution in [2.75, 3.05) is 39.5 Å². The van der Waals surface area contributed by atoms with Crippen molar-refractivity contribution in [1.29, 1.82) is 0 Å². The van der Waals surface area contributed by atoms with Crippen molar-refractivity contribution in [2.45, 2.75) is 13.8 Å². The Morgan fingerprint density at radius 1 is 1.40 bits per heavy atom. The fourth-order valence-corrected chi connectivity index (χ4v) is 0.943. The lowest BCUT2D eigenvalue weighted by Gasteiger charge is -2.24. The number of aliphatic hydroxyl groups is 2. The van der Waals surface area contributed by atoms with Crippen LogP contribution in [0.1, 0.15) is 13.8 Å². The molecule has 3 N–H and O–H groups in total. The van der Waals surface area contributed by atoms with E-state index in [2.05, 4.69) is 11.9 Å². The highest BCUT2D eigenvalue weighted by atomic mass is 16.5. The van der Waals surface area contributed by atoms with Gasteiger partial charge in [0.25, 0.3) is 0 Å². The van der Waals surface area contributed by atoms with E-state index in [9.17, 15) is 0 Å². The van der Waals surface area contributed by atoms with Crippen LogP contribution in [0.4, 0.5) is 0 Å². The molecule has 0 saturated heterocycles. The molecule has 0 aliphatic rings. The van der Waals surface area contributed by atoms with Gasteiger partial charge in [0.2, 0.25) is 0 Å². The average Bonchev–Trinajstić information content (AvgIpc) is 2.22. The number of ether oxygens (including phenoxy) is 1. The SMILES string of the molecule is C=C(C)COCCNCC(C)(CO)CO. The summed E-state index contributed by atoms with van der Waals surface area (Å²) in [5.41, 5.74) is 0.555. The molecule has 0 amide bonds. The van der Waals surface area contributed by atoms with Gasteiger partial charge in [-0.2, -0.15) is 0 Å². The Morgan fingerprint density at radius 3 is 2.47 bits per heavy atom. The lowest BCUT2D eigenvalue weighted by atomic mass is 9.93. The van der Waals surface area contributed by atoms with E-state index in [1.165, 1.54) is 0 Å². The first-order chi connectivity index (χ1) is 7.04. The van der Waals surface area contributed by atoms with Gasteiger partial charge in [0, 0.05) is 18.5 Å². The molecule has 0 atom stereocenters. The summed E-state index contributed by atoms with van der Waals surface area (Å²) in [4.78, 5) is 0.